The Balaban J connectivity index is 2.59. The monoisotopic (exact) mass is 283 g/mol. The summed E-state index contributed by atoms with van der Waals surface area (Å²) >= 11 is 0. The van der Waals surface area contributed by atoms with Crippen molar-refractivity contribution in [2.75, 3.05) is 11.9 Å². The molecule has 0 saturated heterocycles. The fourth-order valence-corrected chi connectivity index (χ4v) is 3.24. The second kappa shape index (κ2) is 4.23. The van der Waals surface area contributed by atoms with E-state index in [0.29, 0.717) is 17.0 Å². The number of carbonyl (C=O) groups excluding carboxylic acids is 1. The van der Waals surface area contributed by atoms with E-state index in [0.717, 1.165) is 0 Å². The first kappa shape index (κ1) is 13.9. The third-order valence-corrected chi connectivity index (χ3v) is 5.64. The zero-order valence-corrected chi connectivity index (χ0v) is 12.2. The number of hydrogen-bond donors (Lipinski definition) is 1. The van der Waals surface area contributed by atoms with Crippen molar-refractivity contribution in [3.63, 3.8) is 0 Å². The second-order valence-electron chi connectivity index (χ2n) is 5.57. The Labute approximate surface area is 112 Å². The third-order valence-electron chi connectivity index (χ3n) is 3.01. The van der Waals surface area contributed by atoms with Gasteiger partial charge in [0.2, 0.25) is 0 Å². The second-order valence-corrected chi connectivity index (χ2v) is 8.24. The molecule has 6 heteroatoms. The maximum absolute atomic E-state index is 12.5. The summed E-state index contributed by atoms with van der Waals surface area (Å²) in [5, 5.41) is 2.66. The molecule has 0 bridgehead atoms. The molecule has 2 rings (SSSR count). The van der Waals surface area contributed by atoms with Crippen molar-refractivity contribution in [1.82, 2.24) is 0 Å². The van der Waals surface area contributed by atoms with Crippen molar-refractivity contribution in [3.8, 4) is 5.75 Å². The molecule has 5 nitrogen and oxygen atoms in total. The van der Waals surface area contributed by atoms with E-state index in [4.69, 9.17) is 4.74 Å². The number of hydrogen-bond acceptors (Lipinski definition) is 4. The predicted molar refractivity (Wildman–Crippen MR) is 72.2 cm³/mol. The van der Waals surface area contributed by atoms with Crippen LogP contribution in [0, 0.1) is 6.92 Å². The van der Waals surface area contributed by atoms with Gasteiger partial charge in [-0.3, -0.25) is 4.79 Å². The summed E-state index contributed by atoms with van der Waals surface area (Å²) in [7, 11) is -3.45. The minimum atomic E-state index is -3.45. The van der Waals surface area contributed by atoms with Crippen LogP contribution in [0.25, 0.3) is 0 Å². The molecule has 1 heterocycles. The van der Waals surface area contributed by atoms with Crippen LogP contribution in [0.2, 0.25) is 0 Å². The molecule has 0 atom stereocenters. The summed E-state index contributed by atoms with van der Waals surface area (Å²) in [4.78, 5) is 11.5. The number of benzene rings is 1. The van der Waals surface area contributed by atoms with Crippen LogP contribution in [-0.2, 0) is 14.6 Å². The highest BCUT2D eigenvalue weighted by atomic mass is 32.2. The molecule has 1 aromatic carbocycles. The maximum Gasteiger partial charge on any atom is 0.262 e. The number of aryl methyl sites for hydroxylation is 1. The van der Waals surface area contributed by atoms with Crippen LogP contribution >= 0.6 is 0 Å². The summed E-state index contributed by atoms with van der Waals surface area (Å²) in [6.07, 6.45) is 0. The van der Waals surface area contributed by atoms with E-state index in [1.54, 1.807) is 33.8 Å². The first-order chi connectivity index (χ1) is 8.63. The largest absolute Gasteiger partial charge is 0.482 e. The number of sulfone groups is 1. The minimum Gasteiger partial charge on any atom is -0.482 e. The van der Waals surface area contributed by atoms with E-state index in [9.17, 15) is 13.2 Å². The van der Waals surface area contributed by atoms with Gasteiger partial charge < -0.3 is 10.1 Å². The molecule has 0 aromatic heterocycles. The topological polar surface area (TPSA) is 72.5 Å². The molecule has 104 valence electrons. The van der Waals surface area contributed by atoms with Crippen molar-refractivity contribution >= 4 is 21.4 Å². The number of carbonyl (C=O) groups is 1. The Morgan fingerprint density at radius 3 is 2.47 bits per heavy atom. The fourth-order valence-electron chi connectivity index (χ4n) is 1.84. The van der Waals surface area contributed by atoms with Gasteiger partial charge in [0, 0.05) is 6.07 Å². The van der Waals surface area contributed by atoms with Crippen LogP contribution in [0.5, 0.6) is 5.75 Å². The number of rotatable bonds is 1. The van der Waals surface area contributed by atoms with Gasteiger partial charge in [-0.2, -0.15) is 0 Å². The summed E-state index contributed by atoms with van der Waals surface area (Å²) in [5.74, 6) is 0.159. The highest BCUT2D eigenvalue weighted by Crippen LogP contribution is 2.36. The van der Waals surface area contributed by atoms with Crippen molar-refractivity contribution in [2.24, 2.45) is 0 Å². The van der Waals surface area contributed by atoms with Crippen LogP contribution < -0.4 is 10.1 Å². The van der Waals surface area contributed by atoms with Crippen LogP contribution in [-0.4, -0.2) is 25.7 Å². The van der Waals surface area contributed by atoms with Crippen LogP contribution in [0.4, 0.5) is 5.69 Å². The van der Waals surface area contributed by atoms with Gasteiger partial charge in [0.15, 0.2) is 16.4 Å². The van der Waals surface area contributed by atoms with Gasteiger partial charge in [-0.1, -0.05) is 0 Å². The molecule has 0 unspecified atom stereocenters. The first-order valence-electron chi connectivity index (χ1n) is 5.95. The number of ether oxygens (including phenoxy) is 1. The lowest BCUT2D eigenvalue weighted by Gasteiger charge is -2.24. The average molecular weight is 283 g/mol. The molecule has 1 aliphatic heterocycles. The molecule has 0 saturated carbocycles. The zero-order chi connectivity index (χ0) is 14.4. The molecule has 1 aromatic rings. The molecule has 1 amide bonds. The predicted octanol–water partition coefficient (Wildman–Crippen LogP) is 1.90. The first-order valence-corrected chi connectivity index (χ1v) is 7.43. The maximum atomic E-state index is 12.5. The minimum absolute atomic E-state index is 0.0922. The van der Waals surface area contributed by atoms with Gasteiger partial charge >= 0.3 is 0 Å². The molecule has 19 heavy (non-hydrogen) atoms. The Morgan fingerprint density at radius 2 is 1.89 bits per heavy atom. The Morgan fingerprint density at radius 1 is 1.26 bits per heavy atom. The lowest BCUT2D eigenvalue weighted by atomic mass is 10.2. The van der Waals surface area contributed by atoms with E-state index in [1.165, 1.54) is 6.07 Å². The smallest absolute Gasteiger partial charge is 0.262 e. The van der Waals surface area contributed by atoms with E-state index in [2.05, 4.69) is 5.32 Å². The fraction of sp³-hybridized carbons (Fsp3) is 0.462. The van der Waals surface area contributed by atoms with Crippen molar-refractivity contribution in [2.45, 2.75) is 37.3 Å². The average Bonchev–Trinajstić information content (AvgIpc) is 2.26. The van der Waals surface area contributed by atoms with Crippen molar-refractivity contribution < 1.29 is 17.9 Å². The summed E-state index contributed by atoms with van der Waals surface area (Å²) in [6, 6.07) is 3.12. The van der Waals surface area contributed by atoms with Gasteiger partial charge in [-0.05, 0) is 39.3 Å². The van der Waals surface area contributed by atoms with Crippen molar-refractivity contribution in [3.05, 3.63) is 17.7 Å². The van der Waals surface area contributed by atoms with Crippen LogP contribution in [0.15, 0.2) is 17.0 Å². The normalized spacial score (nSPS) is 15.5. The van der Waals surface area contributed by atoms with Gasteiger partial charge in [0.05, 0.1) is 15.3 Å². The SMILES string of the molecule is Cc1cc2c(cc1S(=O)(=O)C(C)(C)C)OCC(=O)N2. The van der Waals surface area contributed by atoms with E-state index in [-0.39, 0.29) is 17.4 Å². The molecular formula is C13H17NO4S. The van der Waals surface area contributed by atoms with E-state index in [1.807, 2.05) is 0 Å². The number of amides is 1. The molecule has 0 aliphatic carbocycles. The zero-order valence-electron chi connectivity index (χ0n) is 11.4. The highest BCUT2D eigenvalue weighted by Gasteiger charge is 2.33. The molecule has 0 fully saturated rings. The van der Waals surface area contributed by atoms with Gasteiger partial charge in [-0.15, -0.1) is 0 Å². The van der Waals surface area contributed by atoms with Crippen molar-refractivity contribution in [1.29, 1.82) is 0 Å². The van der Waals surface area contributed by atoms with Crippen LogP contribution in [0.1, 0.15) is 26.3 Å². The quantitative estimate of drug-likeness (QED) is 0.854. The van der Waals surface area contributed by atoms with Gasteiger partial charge in [0.1, 0.15) is 5.75 Å². The number of anilines is 1. The molecular weight excluding hydrogens is 266 g/mol. The van der Waals surface area contributed by atoms with Crippen LogP contribution in [0.3, 0.4) is 0 Å². The third kappa shape index (κ3) is 2.32. The van der Waals surface area contributed by atoms with Gasteiger partial charge in [0.25, 0.3) is 5.91 Å². The number of nitrogens with one attached hydrogen (secondary N) is 1. The molecule has 0 spiro atoms. The molecule has 1 aliphatic rings. The molecule has 1 N–H and O–H groups in total. The Kier molecular flexibility index (Phi) is 3.09. The summed E-state index contributed by atoms with van der Waals surface area (Å²) < 4.78 is 29.3. The number of fused-ring (bicyclic) bond motifs is 1. The summed E-state index contributed by atoms with van der Waals surface area (Å²) in [6.45, 7) is 6.59. The standard InChI is InChI=1S/C13H17NO4S/c1-8-5-9-10(18-7-12(15)14-9)6-11(8)19(16,17)13(2,3)4/h5-6H,7H2,1-4H3,(H,14,15). The summed E-state index contributed by atoms with van der Waals surface area (Å²) in [5.41, 5.74) is 1.11. The lowest BCUT2D eigenvalue weighted by molar-refractivity contribution is -0.118. The molecule has 0 radical (unpaired) electrons. The van der Waals surface area contributed by atoms with E-state index < -0.39 is 14.6 Å². The Bertz CT molecular complexity index is 641. The highest BCUT2D eigenvalue weighted by molar-refractivity contribution is 7.92. The lowest BCUT2D eigenvalue weighted by Crippen LogP contribution is -2.29. The van der Waals surface area contributed by atoms with Gasteiger partial charge in [-0.25, -0.2) is 8.42 Å². The Hall–Kier alpha value is -1.56. The van der Waals surface area contributed by atoms with E-state index >= 15 is 0 Å².